The van der Waals surface area contributed by atoms with Crippen LogP contribution in [-0.4, -0.2) is 64.2 Å². The first-order chi connectivity index (χ1) is 12.7. The van der Waals surface area contributed by atoms with E-state index in [0.717, 1.165) is 12.8 Å². The molecule has 2 atom stereocenters. The van der Waals surface area contributed by atoms with Crippen LogP contribution in [-0.2, 0) is 28.4 Å². The van der Waals surface area contributed by atoms with E-state index in [4.69, 9.17) is 18.9 Å². The maximum atomic E-state index is 10.6. The van der Waals surface area contributed by atoms with Gasteiger partial charge in [0, 0.05) is 13.2 Å². The van der Waals surface area contributed by atoms with Gasteiger partial charge in [-0.05, 0) is 12.8 Å². The molecule has 0 aromatic carbocycles. The van der Waals surface area contributed by atoms with Gasteiger partial charge in [-0.15, -0.1) is 0 Å². The van der Waals surface area contributed by atoms with E-state index in [-0.39, 0.29) is 25.4 Å². The van der Waals surface area contributed by atoms with Crippen molar-refractivity contribution in [2.75, 3.05) is 39.6 Å². The summed E-state index contributed by atoms with van der Waals surface area (Å²) < 4.78 is 29.6. The van der Waals surface area contributed by atoms with Crippen LogP contribution in [0.25, 0.3) is 0 Å². The van der Waals surface area contributed by atoms with Crippen molar-refractivity contribution < 1.29 is 38.0 Å². The van der Waals surface area contributed by atoms with Gasteiger partial charge in [-0.25, -0.2) is 9.59 Å². The fraction of sp³-hybridized carbons (Fsp3) is 0.889. The Bertz CT molecular complexity index is 303. The van der Waals surface area contributed by atoms with Crippen molar-refractivity contribution in [3.63, 3.8) is 0 Å². The highest BCUT2D eigenvalue weighted by molar-refractivity contribution is 5.62. The maximum Gasteiger partial charge on any atom is 0.508 e. The van der Waals surface area contributed by atoms with Crippen molar-refractivity contribution in [2.45, 2.75) is 66.6 Å². The summed E-state index contributed by atoms with van der Waals surface area (Å²) in [4.78, 5) is 21.3. The van der Waals surface area contributed by atoms with Gasteiger partial charge in [0.15, 0.2) is 12.2 Å². The second-order valence-corrected chi connectivity index (χ2v) is 4.46. The summed E-state index contributed by atoms with van der Waals surface area (Å²) in [6.45, 7) is 14.3. The van der Waals surface area contributed by atoms with Crippen LogP contribution in [0.15, 0.2) is 0 Å². The molecule has 2 unspecified atom stereocenters. The molecule has 2 rings (SSSR count). The summed E-state index contributed by atoms with van der Waals surface area (Å²) in [6.07, 6.45) is -0.191. The number of carbonyl (C=O) groups is 2. The fourth-order valence-corrected chi connectivity index (χ4v) is 1.73. The Kier molecular flexibility index (Phi) is 20.3. The lowest BCUT2D eigenvalue weighted by Gasteiger charge is -2.09. The van der Waals surface area contributed by atoms with E-state index in [0.29, 0.717) is 26.4 Å². The van der Waals surface area contributed by atoms with E-state index in [2.05, 4.69) is 9.47 Å². The fourth-order valence-electron chi connectivity index (χ4n) is 1.73. The Labute approximate surface area is 157 Å². The van der Waals surface area contributed by atoms with Crippen LogP contribution in [0.5, 0.6) is 0 Å². The molecule has 2 saturated heterocycles. The minimum atomic E-state index is -0.636. The summed E-state index contributed by atoms with van der Waals surface area (Å²) in [5, 5.41) is 0. The Morgan fingerprint density at radius 3 is 1.35 bits per heavy atom. The lowest BCUT2D eigenvalue weighted by atomic mass is 10.3. The van der Waals surface area contributed by atoms with E-state index in [1.165, 1.54) is 0 Å². The molecule has 0 spiro atoms. The van der Waals surface area contributed by atoms with E-state index in [1.54, 1.807) is 0 Å². The van der Waals surface area contributed by atoms with Crippen LogP contribution in [0.3, 0.4) is 0 Å². The van der Waals surface area contributed by atoms with Gasteiger partial charge in [0.05, 0.1) is 13.2 Å². The topological polar surface area (TPSA) is 89.5 Å². The summed E-state index contributed by atoms with van der Waals surface area (Å²) in [7, 11) is 0. The molecule has 0 bridgehead atoms. The Morgan fingerprint density at radius 2 is 1.08 bits per heavy atom. The molecule has 0 aromatic heterocycles. The molecule has 0 aliphatic carbocycles. The molecule has 2 heterocycles. The predicted molar refractivity (Wildman–Crippen MR) is 97.4 cm³/mol. The molecule has 0 aromatic rings. The van der Waals surface area contributed by atoms with Gasteiger partial charge >= 0.3 is 12.3 Å². The molecule has 8 nitrogen and oxygen atoms in total. The van der Waals surface area contributed by atoms with Crippen LogP contribution in [0.2, 0.25) is 0 Å². The zero-order chi connectivity index (χ0) is 20.2. The van der Waals surface area contributed by atoms with Gasteiger partial charge in [-0.2, -0.15) is 0 Å². The molecule has 0 N–H and O–H groups in total. The highest BCUT2D eigenvalue weighted by Gasteiger charge is 2.25. The summed E-state index contributed by atoms with van der Waals surface area (Å²) in [5.41, 5.74) is 0. The van der Waals surface area contributed by atoms with Crippen LogP contribution in [0, 0.1) is 0 Å². The Balaban J connectivity index is 0. The zero-order valence-electron chi connectivity index (χ0n) is 17.1. The van der Waals surface area contributed by atoms with Crippen molar-refractivity contribution in [3.8, 4) is 0 Å². The van der Waals surface area contributed by atoms with Crippen LogP contribution in [0.4, 0.5) is 9.59 Å². The normalized spacial score (nSPS) is 19.9. The predicted octanol–water partition coefficient (Wildman–Crippen LogP) is 3.95. The molecule has 2 fully saturated rings. The van der Waals surface area contributed by atoms with Crippen molar-refractivity contribution in [1.82, 2.24) is 0 Å². The van der Waals surface area contributed by atoms with Crippen molar-refractivity contribution in [2.24, 2.45) is 0 Å². The highest BCUT2D eigenvalue weighted by atomic mass is 16.8. The van der Waals surface area contributed by atoms with Gasteiger partial charge in [0.25, 0.3) is 0 Å². The van der Waals surface area contributed by atoms with Crippen molar-refractivity contribution in [3.05, 3.63) is 0 Å². The first kappa shape index (κ1) is 26.7. The molecule has 0 saturated carbocycles. The smallest absolute Gasteiger partial charge is 0.430 e. The molecular weight excluding hydrogens is 344 g/mol. The quantitative estimate of drug-likeness (QED) is 0.439. The molecular formula is C18H36O8. The van der Waals surface area contributed by atoms with Crippen LogP contribution < -0.4 is 0 Å². The molecule has 0 amide bonds. The number of hydrogen-bond acceptors (Lipinski definition) is 8. The number of unbranched alkanes of at least 4 members (excludes halogenated alkanes) is 1. The van der Waals surface area contributed by atoms with E-state index in [9.17, 15) is 9.59 Å². The van der Waals surface area contributed by atoms with Crippen molar-refractivity contribution >= 4 is 12.3 Å². The first-order valence-corrected chi connectivity index (χ1v) is 9.56. The van der Waals surface area contributed by atoms with Crippen molar-refractivity contribution in [1.29, 1.82) is 0 Å². The van der Waals surface area contributed by atoms with Gasteiger partial charge in [-0.3, -0.25) is 0 Å². The molecule has 156 valence electrons. The van der Waals surface area contributed by atoms with Crippen LogP contribution >= 0.6 is 0 Å². The molecule has 8 heteroatoms. The second kappa shape index (κ2) is 19.8. The largest absolute Gasteiger partial charge is 0.508 e. The number of cyclic esters (lactones) is 4. The first-order valence-electron chi connectivity index (χ1n) is 9.56. The number of hydrogen-bond donors (Lipinski definition) is 0. The molecule has 2 aliphatic rings. The SMILES string of the molecule is CC.CC.CC.O=C1OCC(COCCCCOCC2COC(=O)O2)O1. The standard InChI is InChI=1S/C12H18O8.3C2H6/c13-11-17-7-9(19-11)5-15-3-1-2-4-16-6-10-8-18-12(14)20-10;3*1-2/h9-10H,1-8H2;3*1-2H3. The number of carbonyl (C=O) groups excluding carboxylic acids is 2. The lowest BCUT2D eigenvalue weighted by molar-refractivity contribution is 0.0305. The summed E-state index contributed by atoms with van der Waals surface area (Å²) in [6, 6.07) is 0. The third-order valence-electron chi connectivity index (χ3n) is 2.73. The summed E-state index contributed by atoms with van der Waals surface area (Å²) >= 11 is 0. The third kappa shape index (κ3) is 13.7. The van der Waals surface area contributed by atoms with Gasteiger partial charge in [0.1, 0.15) is 13.2 Å². The number of ether oxygens (including phenoxy) is 6. The monoisotopic (exact) mass is 380 g/mol. The van der Waals surface area contributed by atoms with E-state index in [1.807, 2.05) is 41.5 Å². The highest BCUT2D eigenvalue weighted by Crippen LogP contribution is 2.07. The Morgan fingerprint density at radius 1 is 0.731 bits per heavy atom. The van der Waals surface area contributed by atoms with Crippen LogP contribution in [0.1, 0.15) is 54.4 Å². The average molecular weight is 380 g/mol. The lowest BCUT2D eigenvalue weighted by Crippen LogP contribution is -2.19. The minimum absolute atomic E-state index is 0.254. The summed E-state index contributed by atoms with van der Waals surface area (Å²) in [5.74, 6) is 0. The Hall–Kier alpha value is -1.54. The average Bonchev–Trinajstić information content (AvgIpc) is 3.30. The maximum absolute atomic E-state index is 10.6. The van der Waals surface area contributed by atoms with Gasteiger partial charge < -0.3 is 28.4 Å². The van der Waals surface area contributed by atoms with E-state index < -0.39 is 12.3 Å². The van der Waals surface area contributed by atoms with Gasteiger partial charge in [0.2, 0.25) is 0 Å². The number of rotatable bonds is 9. The minimum Gasteiger partial charge on any atom is -0.430 e. The second-order valence-electron chi connectivity index (χ2n) is 4.46. The molecule has 26 heavy (non-hydrogen) atoms. The van der Waals surface area contributed by atoms with E-state index >= 15 is 0 Å². The third-order valence-corrected chi connectivity index (χ3v) is 2.73. The molecule has 2 aliphatic heterocycles. The molecule has 0 radical (unpaired) electrons. The zero-order valence-corrected chi connectivity index (χ0v) is 17.1. The van der Waals surface area contributed by atoms with Gasteiger partial charge in [-0.1, -0.05) is 41.5 Å².